The second-order valence-corrected chi connectivity index (χ2v) is 8.74. The lowest BCUT2D eigenvalue weighted by atomic mass is 9.83. The minimum atomic E-state index is 0. The lowest BCUT2D eigenvalue weighted by Gasteiger charge is -2.49. The first-order valence-corrected chi connectivity index (χ1v) is 10.8. The smallest absolute Gasteiger partial charge is 0.254 e. The molecule has 30 heavy (non-hydrogen) atoms. The number of benzene rings is 2. The molecule has 6 heteroatoms. The second-order valence-electron chi connectivity index (χ2n) is 8.74. The van der Waals surface area contributed by atoms with Gasteiger partial charge in [-0.2, -0.15) is 5.10 Å². The van der Waals surface area contributed by atoms with Gasteiger partial charge in [0.15, 0.2) is 0 Å². The summed E-state index contributed by atoms with van der Waals surface area (Å²) in [5.41, 5.74) is 4.21. The van der Waals surface area contributed by atoms with Crippen molar-refractivity contribution in [1.29, 1.82) is 0 Å². The summed E-state index contributed by atoms with van der Waals surface area (Å²) in [5.74, 6) is 0.860. The molecule has 7 rings (SSSR count). The molecule has 3 saturated heterocycles. The average Bonchev–Trinajstić information content (AvgIpc) is 3.05. The zero-order valence-corrected chi connectivity index (χ0v) is 17.9. The summed E-state index contributed by atoms with van der Waals surface area (Å²) in [6, 6.07) is 16.9. The van der Waals surface area contributed by atoms with E-state index < -0.39 is 0 Å². The molecule has 1 amide bonds. The normalized spacial score (nSPS) is 25.3. The van der Waals surface area contributed by atoms with Crippen LogP contribution in [0.3, 0.4) is 0 Å². The number of fused-ring (bicyclic) bond motifs is 3. The molecule has 5 heterocycles. The Labute approximate surface area is 183 Å². The number of hydrogen-bond donors (Lipinski definition) is 0. The van der Waals surface area contributed by atoms with Crippen LogP contribution in [0.4, 0.5) is 0 Å². The quantitative estimate of drug-likeness (QED) is 0.647. The molecule has 1 atom stereocenters. The highest BCUT2D eigenvalue weighted by molar-refractivity contribution is 6.08. The Balaban J connectivity index is 0.00000193. The summed E-state index contributed by atoms with van der Waals surface area (Å²) in [6.45, 7) is 4.95. The standard InChI is InChI=1S/C24H26N4O.ClH/c29-24-19-7-4-8-21-23(19)20(25-28(21)15-17-5-2-1-3-6-17)11-14-27(24)22-16-26-12-9-18(22)10-13-26;/h1-8,18,22H,9-16H2;1H/t22-;/m1./s1. The fourth-order valence-corrected chi connectivity index (χ4v) is 5.62. The van der Waals surface area contributed by atoms with E-state index in [1.54, 1.807) is 0 Å². The van der Waals surface area contributed by atoms with E-state index in [-0.39, 0.29) is 18.3 Å². The average molecular weight is 423 g/mol. The molecule has 0 saturated carbocycles. The summed E-state index contributed by atoms with van der Waals surface area (Å²) in [4.78, 5) is 18.3. The van der Waals surface area contributed by atoms with Crippen molar-refractivity contribution in [1.82, 2.24) is 19.6 Å². The molecule has 2 bridgehead atoms. The van der Waals surface area contributed by atoms with Gasteiger partial charge >= 0.3 is 0 Å². The van der Waals surface area contributed by atoms with E-state index in [9.17, 15) is 4.79 Å². The molecule has 2 aromatic carbocycles. The third kappa shape index (κ3) is 3.12. The number of carbonyl (C=O) groups is 1. The van der Waals surface area contributed by atoms with Crippen LogP contribution in [0.2, 0.25) is 0 Å². The molecule has 4 aliphatic rings. The molecule has 3 aromatic rings. The first-order chi connectivity index (χ1) is 14.3. The van der Waals surface area contributed by atoms with Gasteiger partial charge in [0.1, 0.15) is 0 Å². The minimum absolute atomic E-state index is 0. The van der Waals surface area contributed by atoms with Gasteiger partial charge in [0.05, 0.1) is 23.3 Å². The van der Waals surface area contributed by atoms with E-state index in [2.05, 4.69) is 44.8 Å². The van der Waals surface area contributed by atoms with Gasteiger partial charge in [-0.05, 0) is 49.5 Å². The Morgan fingerprint density at radius 2 is 1.77 bits per heavy atom. The van der Waals surface area contributed by atoms with E-state index in [1.807, 2.05) is 18.2 Å². The number of amides is 1. The van der Waals surface area contributed by atoms with Gasteiger partial charge in [-0.15, -0.1) is 12.4 Å². The number of hydrogen-bond acceptors (Lipinski definition) is 3. The molecule has 156 valence electrons. The lowest BCUT2D eigenvalue weighted by molar-refractivity contribution is 0.00820. The Morgan fingerprint density at radius 1 is 0.967 bits per heavy atom. The maximum atomic E-state index is 13.6. The minimum Gasteiger partial charge on any atom is -0.334 e. The van der Waals surface area contributed by atoms with Crippen molar-refractivity contribution < 1.29 is 4.79 Å². The number of carbonyl (C=O) groups excluding carboxylic acids is 1. The predicted molar refractivity (Wildman–Crippen MR) is 120 cm³/mol. The summed E-state index contributed by atoms with van der Waals surface area (Å²) < 4.78 is 2.07. The summed E-state index contributed by atoms with van der Waals surface area (Å²) in [6.07, 6.45) is 3.30. The van der Waals surface area contributed by atoms with Crippen LogP contribution in [0, 0.1) is 5.92 Å². The highest BCUT2D eigenvalue weighted by Crippen LogP contribution is 2.35. The Hall–Kier alpha value is -2.37. The Bertz CT molecular complexity index is 1070. The van der Waals surface area contributed by atoms with Crippen LogP contribution in [0.1, 0.15) is 34.5 Å². The third-order valence-electron chi connectivity index (χ3n) is 7.13. The number of aromatic nitrogens is 2. The van der Waals surface area contributed by atoms with Crippen LogP contribution in [0.5, 0.6) is 0 Å². The van der Waals surface area contributed by atoms with Gasteiger partial charge in [0, 0.05) is 30.9 Å². The molecule has 0 spiro atoms. The second kappa shape index (κ2) is 7.71. The largest absolute Gasteiger partial charge is 0.334 e. The van der Waals surface area contributed by atoms with Crippen LogP contribution >= 0.6 is 12.4 Å². The van der Waals surface area contributed by atoms with Crippen molar-refractivity contribution in [2.45, 2.75) is 31.8 Å². The predicted octanol–water partition coefficient (Wildman–Crippen LogP) is 3.60. The molecule has 0 unspecified atom stereocenters. The van der Waals surface area contributed by atoms with E-state index in [4.69, 9.17) is 5.10 Å². The van der Waals surface area contributed by atoms with Crippen molar-refractivity contribution in [3.63, 3.8) is 0 Å². The van der Waals surface area contributed by atoms with Gasteiger partial charge in [-0.3, -0.25) is 9.48 Å². The number of halogens is 1. The maximum absolute atomic E-state index is 13.6. The molecule has 4 aliphatic heterocycles. The van der Waals surface area contributed by atoms with Crippen LogP contribution in [0.15, 0.2) is 48.5 Å². The summed E-state index contributed by atoms with van der Waals surface area (Å²) in [7, 11) is 0. The van der Waals surface area contributed by atoms with Crippen LogP contribution in [-0.2, 0) is 13.0 Å². The number of rotatable bonds is 3. The zero-order valence-electron chi connectivity index (χ0n) is 17.0. The molecule has 0 N–H and O–H groups in total. The van der Waals surface area contributed by atoms with Crippen molar-refractivity contribution >= 4 is 29.2 Å². The molecule has 3 fully saturated rings. The third-order valence-corrected chi connectivity index (χ3v) is 7.13. The SMILES string of the molecule is Cl.O=C1c2cccc3c2c(nn3Cc2ccccc2)CCN1[C@@H]1CN2CCC1CC2. The van der Waals surface area contributed by atoms with Gasteiger partial charge in [-0.25, -0.2) is 0 Å². The van der Waals surface area contributed by atoms with Crippen LogP contribution in [-0.4, -0.2) is 57.7 Å². The van der Waals surface area contributed by atoms with E-state index >= 15 is 0 Å². The first kappa shape index (κ1) is 19.6. The summed E-state index contributed by atoms with van der Waals surface area (Å²) >= 11 is 0. The van der Waals surface area contributed by atoms with E-state index in [0.29, 0.717) is 12.0 Å². The fraction of sp³-hybridized carbons (Fsp3) is 0.417. The molecule has 5 nitrogen and oxygen atoms in total. The molecule has 0 radical (unpaired) electrons. The Morgan fingerprint density at radius 3 is 2.50 bits per heavy atom. The van der Waals surface area contributed by atoms with Crippen molar-refractivity contribution in [2.24, 2.45) is 5.92 Å². The monoisotopic (exact) mass is 422 g/mol. The van der Waals surface area contributed by atoms with E-state index in [0.717, 1.165) is 48.2 Å². The van der Waals surface area contributed by atoms with Crippen LogP contribution < -0.4 is 0 Å². The number of nitrogens with zero attached hydrogens (tertiary/aromatic N) is 4. The maximum Gasteiger partial charge on any atom is 0.254 e. The highest BCUT2D eigenvalue weighted by atomic mass is 35.5. The Kier molecular flexibility index (Phi) is 5.03. The molecule has 1 aromatic heterocycles. The van der Waals surface area contributed by atoms with Gasteiger partial charge in [0.2, 0.25) is 0 Å². The summed E-state index contributed by atoms with van der Waals surface area (Å²) in [5, 5.41) is 6.03. The molecular formula is C24H27ClN4O. The van der Waals surface area contributed by atoms with Crippen molar-refractivity contribution in [3.8, 4) is 0 Å². The van der Waals surface area contributed by atoms with Crippen LogP contribution in [0.25, 0.3) is 10.9 Å². The lowest BCUT2D eigenvalue weighted by Crippen LogP contribution is -2.58. The van der Waals surface area contributed by atoms with E-state index in [1.165, 1.54) is 31.5 Å². The van der Waals surface area contributed by atoms with Gasteiger partial charge < -0.3 is 9.80 Å². The van der Waals surface area contributed by atoms with Crippen molar-refractivity contribution in [3.05, 3.63) is 65.4 Å². The molecular weight excluding hydrogens is 396 g/mol. The molecule has 0 aliphatic carbocycles. The fourth-order valence-electron chi connectivity index (χ4n) is 5.62. The van der Waals surface area contributed by atoms with Gasteiger partial charge in [-0.1, -0.05) is 36.4 Å². The first-order valence-electron chi connectivity index (χ1n) is 10.8. The number of piperidine rings is 3. The topological polar surface area (TPSA) is 41.4 Å². The van der Waals surface area contributed by atoms with Crippen molar-refractivity contribution in [2.75, 3.05) is 26.2 Å². The highest BCUT2D eigenvalue weighted by Gasteiger charge is 2.40. The zero-order chi connectivity index (χ0) is 19.4. The van der Waals surface area contributed by atoms with Gasteiger partial charge in [0.25, 0.3) is 5.91 Å².